The lowest BCUT2D eigenvalue weighted by Gasteiger charge is -2.24. The Labute approximate surface area is 93.8 Å². The molecule has 0 radical (unpaired) electrons. The van der Waals surface area contributed by atoms with Gasteiger partial charge in [0.2, 0.25) is 0 Å². The molecule has 0 rings (SSSR count). The molecule has 3 nitrogen and oxygen atoms in total. The van der Waals surface area contributed by atoms with Gasteiger partial charge in [-0.15, -0.1) is 0 Å². The van der Waals surface area contributed by atoms with E-state index in [-0.39, 0.29) is 17.8 Å². The number of rotatable bonds is 8. The van der Waals surface area contributed by atoms with Gasteiger partial charge in [0.1, 0.15) is 0 Å². The fourth-order valence-electron chi connectivity index (χ4n) is 1.31. The molecule has 15 heavy (non-hydrogen) atoms. The van der Waals surface area contributed by atoms with Crippen LogP contribution in [0.25, 0.3) is 0 Å². The molecule has 0 saturated carbocycles. The average molecular weight is 218 g/mol. The highest BCUT2D eigenvalue weighted by atomic mass is 16.5. The van der Waals surface area contributed by atoms with Gasteiger partial charge >= 0.3 is 0 Å². The summed E-state index contributed by atoms with van der Waals surface area (Å²) in [4.78, 5) is 0. The third-order valence-corrected chi connectivity index (χ3v) is 2.94. The molecule has 92 valence electrons. The predicted octanol–water partition coefficient (Wildman–Crippen LogP) is 2.37. The minimum Gasteiger partial charge on any atom is -0.393 e. The smallest absolute Gasteiger partial charge is 0.0623 e. The average Bonchev–Trinajstić information content (AvgIpc) is 2.23. The van der Waals surface area contributed by atoms with Gasteiger partial charge in [-0.1, -0.05) is 0 Å². The maximum atomic E-state index is 9.74. The Bertz CT molecular complexity index is 157. The second kappa shape index (κ2) is 7.20. The number of hydrogen-bond donors (Lipinski definition) is 1. The SMILES string of the molecule is COC(C)CCC(O)CCC(C)(C)OC. The van der Waals surface area contributed by atoms with E-state index >= 15 is 0 Å². The summed E-state index contributed by atoms with van der Waals surface area (Å²) in [5.41, 5.74) is -0.131. The molecule has 0 fully saturated rings. The van der Waals surface area contributed by atoms with Crippen molar-refractivity contribution in [2.45, 2.75) is 64.3 Å². The van der Waals surface area contributed by atoms with E-state index < -0.39 is 0 Å². The van der Waals surface area contributed by atoms with Crippen LogP contribution in [0, 0.1) is 0 Å². The van der Waals surface area contributed by atoms with Gasteiger partial charge in [0.15, 0.2) is 0 Å². The van der Waals surface area contributed by atoms with Gasteiger partial charge in [-0.05, 0) is 46.5 Å². The Morgan fingerprint density at radius 2 is 1.73 bits per heavy atom. The normalized spacial score (nSPS) is 16.4. The third kappa shape index (κ3) is 7.77. The van der Waals surface area contributed by atoms with Gasteiger partial charge in [0, 0.05) is 14.2 Å². The lowest BCUT2D eigenvalue weighted by Crippen LogP contribution is -2.24. The summed E-state index contributed by atoms with van der Waals surface area (Å²) in [6, 6.07) is 0. The van der Waals surface area contributed by atoms with Crippen LogP contribution in [0.4, 0.5) is 0 Å². The molecule has 0 aromatic carbocycles. The Kier molecular flexibility index (Phi) is 7.14. The molecule has 2 atom stereocenters. The van der Waals surface area contributed by atoms with Crippen molar-refractivity contribution in [1.29, 1.82) is 0 Å². The van der Waals surface area contributed by atoms with Gasteiger partial charge in [-0.3, -0.25) is 0 Å². The van der Waals surface area contributed by atoms with Crippen molar-refractivity contribution in [1.82, 2.24) is 0 Å². The molecule has 0 bridgehead atoms. The van der Waals surface area contributed by atoms with Crippen LogP contribution in [-0.4, -0.2) is 37.1 Å². The second-order valence-electron chi connectivity index (χ2n) is 4.78. The zero-order valence-corrected chi connectivity index (χ0v) is 10.7. The van der Waals surface area contributed by atoms with Crippen molar-refractivity contribution in [2.75, 3.05) is 14.2 Å². The Hall–Kier alpha value is -0.120. The van der Waals surface area contributed by atoms with Crippen molar-refractivity contribution in [3.8, 4) is 0 Å². The zero-order chi connectivity index (χ0) is 11.9. The summed E-state index contributed by atoms with van der Waals surface area (Å²) in [5.74, 6) is 0. The van der Waals surface area contributed by atoms with E-state index in [1.54, 1.807) is 14.2 Å². The van der Waals surface area contributed by atoms with Crippen LogP contribution in [0.3, 0.4) is 0 Å². The van der Waals surface area contributed by atoms with Gasteiger partial charge in [-0.2, -0.15) is 0 Å². The van der Waals surface area contributed by atoms with E-state index in [0.29, 0.717) is 0 Å². The van der Waals surface area contributed by atoms with Gasteiger partial charge in [0.25, 0.3) is 0 Å². The fraction of sp³-hybridized carbons (Fsp3) is 1.00. The van der Waals surface area contributed by atoms with E-state index in [1.165, 1.54) is 0 Å². The lowest BCUT2D eigenvalue weighted by molar-refractivity contribution is 0.000406. The first-order valence-electron chi connectivity index (χ1n) is 5.67. The molecule has 0 aliphatic carbocycles. The predicted molar refractivity (Wildman–Crippen MR) is 62.0 cm³/mol. The summed E-state index contributed by atoms with van der Waals surface area (Å²) in [6.07, 6.45) is 3.37. The van der Waals surface area contributed by atoms with E-state index in [9.17, 15) is 5.11 Å². The summed E-state index contributed by atoms with van der Waals surface area (Å²) in [6.45, 7) is 6.10. The molecule has 0 aliphatic heterocycles. The van der Waals surface area contributed by atoms with Crippen molar-refractivity contribution in [2.24, 2.45) is 0 Å². The number of aliphatic hydroxyl groups excluding tert-OH is 1. The zero-order valence-electron chi connectivity index (χ0n) is 10.7. The lowest BCUT2D eigenvalue weighted by atomic mass is 9.97. The fourth-order valence-corrected chi connectivity index (χ4v) is 1.31. The Morgan fingerprint density at radius 3 is 2.20 bits per heavy atom. The van der Waals surface area contributed by atoms with Gasteiger partial charge in [0.05, 0.1) is 17.8 Å². The van der Waals surface area contributed by atoms with Crippen molar-refractivity contribution in [3.05, 3.63) is 0 Å². The number of hydrogen-bond acceptors (Lipinski definition) is 3. The van der Waals surface area contributed by atoms with Crippen molar-refractivity contribution >= 4 is 0 Å². The van der Waals surface area contributed by atoms with Crippen LogP contribution in [0.5, 0.6) is 0 Å². The molecule has 3 heteroatoms. The first-order valence-corrected chi connectivity index (χ1v) is 5.67. The quantitative estimate of drug-likeness (QED) is 0.679. The monoisotopic (exact) mass is 218 g/mol. The molecule has 2 unspecified atom stereocenters. The minimum atomic E-state index is -0.239. The highest BCUT2D eigenvalue weighted by molar-refractivity contribution is 4.70. The van der Waals surface area contributed by atoms with Gasteiger partial charge in [-0.25, -0.2) is 0 Å². The van der Waals surface area contributed by atoms with Crippen molar-refractivity contribution < 1.29 is 14.6 Å². The summed E-state index contributed by atoms with van der Waals surface area (Å²) in [7, 11) is 3.41. The van der Waals surface area contributed by atoms with Crippen LogP contribution in [-0.2, 0) is 9.47 Å². The molecule has 0 saturated heterocycles. The van der Waals surface area contributed by atoms with E-state index in [4.69, 9.17) is 9.47 Å². The molecule has 0 spiro atoms. The Balaban J connectivity index is 3.61. The number of ether oxygens (including phenoxy) is 2. The molecule has 0 heterocycles. The van der Waals surface area contributed by atoms with E-state index in [2.05, 4.69) is 0 Å². The first-order chi connectivity index (χ1) is 6.91. The van der Waals surface area contributed by atoms with Crippen LogP contribution in [0.1, 0.15) is 46.5 Å². The van der Waals surface area contributed by atoms with E-state index in [0.717, 1.165) is 25.7 Å². The molecule has 1 N–H and O–H groups in total. The van der Waals surface area contributed by atoms with Crippen LogP contribution in [0.15, 0.2) is 0 Å². The number of aliphatic hydroxyl groups is 1. The van der Waals surface area contributed by atoms with Gasteiger partial charge < -0.3 is 14.6 Å². The van der Waals surface area contributed by atoms with Crippen molar-refractivity contribution in [3.63, 3.8) is 0 Å². The van der Waals surface area contributed by atoms with E-state index in [1.807, 2.05) is 20.8 Å². The highest BCUT2D eigenvalue weighted by Gasteiger charge is 2.18. The largest absolute Gasteiger partial charge is 0.393 e. The summed E-state index contributed by atoms with van der Waals surface area (Å²) >= 11 is 0. The molecular weight excluding hydrogens is 192 g/mol. The highest BCUT2D eigenvalue weighted by Crippen LogP contribution is 2.18. The molecule has 0 aromatic rings. The second-order valence-corrected chi connectivity index (χ2v) is 4.78. The maximum absolute atomic E-state index is 9.74. The molecular formula is C12H26O3. The summed E-state index contributed by atoms with van der Waals surface area (Å²) < 4.78 is 10.4. The topological polar surface area (TPSA) is 38.7 Å². The van der Waals surface area contributed by atoms with Crippen LogP contribution >= 0.6 is 0 Å². The first kappa shape index (κ1) is 14.9. The standard InChI is InChI=1S/C12H26O3/c1-10(14-4)6-7-11(13)8-9-12(2,3)15-5/h10-11,13H,6-9H2,1-5H3. The molecule has 0 amide bonds. The molecule has 0 aliphatic rings. The number of methoxy groups -OCH3 is 2. The third-order valence-electron chi connectivity index (χ3n) is 2.94. The molecule has 0 aromatic heterocycles. The van der Waals surface area contributed by atoms with Crippen LogP contribution < -0.4 is 0 Å². The summed E-state index contributed by atoms with van der Waals surface area (Å²) in [5, 5.41) is 9.74. The maximum Gasteiger partial charge on any atom is 0.0623 e. The Morgan fingerprint density at radius 1 is 1.13 bits per heavy atom. The van der Waals surface area contributed by atoms with Crippen LogP contribution in [0.2, 0.25) is 0 Å². The minimum absolute atomic E-state index is 0.131.